The lowest BCUT2D eigenvalue weighted by Crippen LogP contribution is -2.44. The highest BCUT2D eigenvalue weighted by Gasteiger charge is 2.31. The number of piperidine rings is 1. The van der Waals surface area contributed by atoms with Crippen molar-refractivity contribution in [2.24, 2.45) is 0 Å². The van der Waals surface area contributed by atoms with E-state index in [0.717, 1.165) is 6.07 Å². The standard InChI is InChI=1S/C26H27F3N6O3S/c1-35-24-16(11-31-26(33-24)32-18-10-17(27)12-30-13-18)9-20(25(35)36)19-7-8-21(23(29)22(19)28)34-39(37,38)14-15-5-3-2-4-6-15/h2-9,11,17-18,25,30,34,36H,10,12-14H2,1H3,(H,31,32,33)/t17-,18-,25?/m0/s1. The van der Waals surface area contributed by atoms with Crippen molar-refractivity contribution in [1.82, 2.24) is 15.3 Å². The minimum Gasteiger partial charge on any atom is -0.369 e. The average molecular weight is 561 g/mol. The van der Waals surface area contributed by atoms with Crippen molar-refractivity contribution in [2.75, 3.05) is 35.1 Å². The highest BCUT2D eigenvalue weighted by atomic mass is 32.2. The fourth-order valence-electron chi connectivity index (χ4n) is 4.65. The van der Waals surface area contributed by atoms with Crippen molar-refractivity contribution in [3.63, 3.8) is 0 Å². The molecule has 13 heteroatoms. The van der Waals surface area contributed by atoms with Gasteiger partial charge >= 0.3 is 0 Å². The maximum Gasteiger partial charge on any atom is 0.237 e. The molecular formula is C26H27F3N6O3S. The minimum absolute atomic E-state index is 0.0427. The Hall–Kier alpha value is -3.68. The number of nitrogens with zero attached hydrogens (tertiary/aromatic N) is 3. The quantitative estimate of drug-likeness (QED) is 0.348. The zero-order valence-electron chi connectivity index (χ0n) is 20.9. The van der Waals surface area contributed by atoms with Crippen LogP contribution in [0, 0.1) is 11.6 Å². The zero-order valence-corrected chi connectivity index (χ0v) is 21.7. The zero-order chi connectivity index (χ0) is 27.7. The van der Waals surface area contributed by atoms with E-state index in [1.54, 1.807) is 30.3 Å². The number of alkyl halides is 1. The number of sulfonamides is 1. The van der Waals surface area contributed by atoms with Crippen LogP contribution in [0.5, 0.6) is 0 Å². The molecule has 0 spiro atoms. The summed E-state index contributed by atoms with van der Waals surface area (Å²) in [6, 6.07) is 10.4. The first-order valence-electron chi connectivity index (χ1n) is 12.2. The Morgan fingerprint density at radius 1 is 1.13 bits per heavy atom. The number of likely N-dealkylation sites (N-methyl/N-ethyl adjacent to an activating group) is 1. The number of hydrogen-bond acceptors (Lipinski definition) is 8. The third-order valence-electron chi connectivity index (χ3n) is 6.57. The molecule has 2 aliphatic heterocycles. The van der Waals surface area contributed by atoms with Crippen molar-refractivity contribution in [3.05, 3.63) is 77.0 Å². The van der Waals surface area contributed by atoms with Gasteiger partial charge in [0.15, 0.2) is 17.9 Å². The molecule has 0 amide bonds. The summed E-state index contributed by atoms with van der Waals surface area (Å²) in [6.07, 6.45) is 0.849. The molecule has 206 valence electrons. The fourth-order valence-corrected chi connectivity index (χ4v) is 5.85. The van der Waals surface area contributed by atoms with E-state index >= 15 is 8.78 Å². The first kappa shape index (κ1) is 26.9. The molecule has 39 heavy (non-hydrogen) atoms. The largest absolute Gasteiger partial charge is 0.369 e. The van der Waals surface area contributed by atoms with Gasteiger partial charge in [-0.15, -0.1) is 0 Å². The van der Waals surface area contributed by atoms with Crippen LogP contribution in [-0.2, 0) is 15.8 Å². The van der Waals surface area contributed by atoms with E-state index in [-0.39, 0.29) is 23.1 Å². The lowest BCUT2D eigenvalue weighted by molar-refractivity contribution is 0.230. The normalized spacial score (nSPS) is 21.2. The Morgan fingerprint density at radius 3 is 2.64 bits per heavy atom. The Kier molecular flexibility index (Phi) is 7.47. The number of aliphatic hydroxyl groups excluding tert-OH is 1. The Morgan fingerprint density at radius 2 is 1.90 bits per heavy atom. The maximum atomic E-state index is 15.2. The number of aromatic nitrogens is 2. The SMILES string of the molecule is CN1c2nc(N[C@@H]3CNC[C@@H](F)C3)ncc2C=C(c2ccc(NS(=O)(=O)Cc3ccccc3)c(F)c2F)C1O. The van der Waals surface area contributed by atoms with Gasteiger partial charge in [-0.25, -0.2) is 26.6 Å². The summed E-state index contributed by atoms with van der Waals surface area (Å²) in [6.45, 7) is 0.843. The fraction of sp³-hybridized carbons (Fsp3) is 0.308. The molecule has 4 N–H and O–H groups in total. The van der Waals surface area contributed by atoms with E-state index in [4.69, 9.17) is 0 Å². The second kappa shape index (κ2) is 10.8. The lowest BCUT2D eigenvalue weighted by atomic mass is 9.97. The van der Waals surface area contributed by atoms with E-state index < -0.39 is 45.5 Å². The number of rotatable bonds is 7. The van der Waals surface area contributed by atoms with Gasteiger partial charge in [0.2, 0.25) is 16.0 Å². The van der Waals surface area contributed by atoms with Gasteiger partial charge in [-0.2, -0.15) is 4.98 Å². The van der Waals surface area contributed by atoms with Crippen molar-refractivity contribution in [1.29, 1.82) is 0 Å². The summed E-state index contributed by atoms with van der Waals surface area (Å²) >= 11 is 0. The monoisotopic (exact) mass is 560 g/mol. The van der Waals surface area contributed by atoms with E-state index in [9.17, 15) is 17.9 Å². The number of halogens is 3. The number of anilines is 3. The summed E-state index contributed by atoms with van der Waals surface area (Å²) < 4.78 is 71.1. The van der Waals surface area contributed by atoms with Gasteiger partial charge in [0.25, 0.3) is 0 Å². The summed E-state index contributed by atoms with van der Waals surface area (Å²) in [7, 11) is -2.48. The minimum atomic E-state index is -4.02. The number of fused-ring (bicyclic) bond motifs is 1. The molecule has 0 bridgehead atoms. The molecule has 1 unspecified atom stereocenters. The Bertz CT molecular complexity index is 1510. The van der Waals surface area contributed by atoms with Crippen LogP contribution in [0.2, 0.25) is 0 Å². The molecule has 1 aromatic heterocycles. The molecule has 9 nitrogen and oxygen atoms in total. The first-order chi connectivity index (χ1) is 18.6. The average Bonchev–Trinajstić information content (AvgIpc) is 2.90. The predicted molar refractivity (Wildman–Crippen MR) is 143 cm³/mol. The summed E-state index contributed by atoms with van der Waals surface area (Å²) in [5.74, 6) is -2.54. The van der Waals surface area contributed by atoms with Crippen molar-refractivity contribution in [2.45, 2.75) is 30.6 Å². The third-order valence-corrected chi connectivity index (χ3v) is 7.82. The van der Waals surface area contributed by atoms with Crippen molar-refractivity contribution < 1.29 is 26.7 Å². The van der Waals surface area contributed by atoms with Crippen molar-refractivity contribution in [3.8, 4) is 0 Å². The van der Waals surface area contributed by atoms with Crippen LogP contribution in [0.1, 0.15) is 23.1 Å². The van der Waals surface area contributed by atoms with Gasteiger partial charge in [0.1, 0.15) is 12.0 Å². The van der Waals surface area contributed by atoms with Gasteiger partial charge < -0.3 is 20.6 Å². The molecule has 3 atom stereocenters. The second-order valence-electron chi connectivity index (χ2n) is 9.52. The Balaban J connectivity index is 1.39. The maximum absolute atomic E-state index is 15.2. The van der Waals surface area contributed by atoms with Crippen LogP contribution < -0.4 is 20.3 Å². The third kappa shape index (κ3) is 5.84. The van der Waals surface area contributed by atoms with E-state index in [1.807, 2.05) is 0 Å². The van der Waals surface area contributed by atoms with Crippen LogP contribution in [0.15, 0.2) is 48.7 Å². The molecule has 5 rings (SSSR count). The number of benzene rings is 2. The number of nitrogens with one attached hydrogen (secondary N) is 3. The van der Waals surface area contributed by atoms with Gasteiger partial charge in [0, 0.05) is 55.5 Å². The highest BCUT2D eigenvalue weighted by molar-refractivity contribution is 7.91. The molecule has 1 fully saturated rings. The van der Waals surface area contributed by atoms with Crippen LogP contribution in [0.4, 0.5) is 30.6 Å². The number of hydrogen-bond donors (Lipinski definition) is 4. The molecular weight excluding hydrogens is 533 g/mol. The molecule has 2 aromatic carbocycles. The second-order valence-corrected chi connectivity index (χ2v) is 11.2. The van der Waals surface area contributed by atoms with Crippen molar-refractivity contribution >= 4 is 39.1 Å². The van der Waals surface area contributed by atoms with Crippen LogP contribution >= 0.6 is 0 Å². The topological polar surface area (TPSA) is 119 Å². The lowest BCUT2D eigenvalue weighted by Gasteiger charge is -2.33. The molecule has 0 radical (unpaired) electrons. The van der Waals surface area contributed by atoms with E-state index in [2.05, 4.69) is 25.3 Å². The summed E-state index contributed by atoms with van der Waals surface area (Å²) in [5.41, 5.74) is 0.191. The predicted octanol–water partition coefficient (Wildman–Crippen LogP) is 3.12. The highest BCUT2D eigenvalue weighted by Crippen LogP contribution is 2.37. The number of aliphatic hydroxyl groups is 1. The van der Waals surface area contributed by atoms with Gasteiger partial charge in [-0.1, -0.05) is 30.3 Å². The van der Waals surface area contributed by atoms with Crippen LogP contribution in [0.25, 0.3) is 11.6 Å². The van der Waals surface area contributed by atoms with Gasteiger partial charge in [0.05, 0.1) is 11.4 Å². The molecule has 3 heterocycles. The molecule has 0 aliphatic carbocycles. The summed E-state index contributed by atoms with van der Waals surface area (Å²) in [5, 5.41) is 17.0. The molecule has 2 aliphatic rings. The molecule has 0 saturated carbocycles. The first-order valence-corrected chi connectivity index (χ1v) is 13.9. The summed E-state index contributed by atoms with van der Waals surface area (Å²) in [4.78, 5) is 10.1. The Labute approximate surface area is 223 Å². The van der Waals surface area contributed by atoms with Crippen LogP contribution in [-0.4, -0.2) is 62.1 Å². The molecule has 3 aromatic rings. The van der Waals surface area contributed by atoms with Gasteiger partial charge in [-0.3, -0.25) is 4.72 Å². The van der Waals surface area contributed by atoms with Gasteiger partial charge in [-0.05, 0) is 23.8 Å². The van der Waals surface area contributed by atoms with E-state index in [0.29, 0.717) is 36.5 Å². The van der Waals surface area contributed by atoms with Crippen LogP contribution in [0.3, 0.4) is 0 Å². The van der Waals surface area contributed by atoms with E-state index in [1.165, 1.54) is 30.3 Å². The molecule has 1 saturated heterocycles. The smallest absolute Gasteiger partial charge is 0.237 e.